The van der Waals surface area contributed by atoms with E-state index in [1.807, 2.05) is 0 Å². The molecule has 0 spiro atoms. The van der Waals surface area contributed by atoms with Crippen molar-refractivity contribution in [2.24, 2.45) is 5.92 Å². The molecule has 0 saturated carbocycles. The molecular weight excluding hydrogens is 273 g/mol. The van der Waals surface area contributed by atoms with Crippen molar-refractivity contribution >= 4 is 15.9 Å². The molecule has 0 bridgehead atoms. The van der Waals surface area contributed by atoms with Crippen LogP contribution in [0.4, 0.5) is 4.39 Å². The zero-order valence-electron chi connectivity index (χ0n) is 8.62. The maximum absolute atomic E-state index is 13.0. The van der Waals surface area contributed by atoms with Crippen LogP contribution in [0.1, 0.15) is 24.5 Å². The topological polar surface area (TPSA) is 33.0 Å². The van der Waals surface area contributed by atoms with Crippen molar-refractivity contribution in [3.8, 4) is 6.07 Å². The third kappa shape index (κ3) is 2.26. The third-order valence-corrected chi connectivity index (χ3v) is 3.44. The second-order valence-corrected chi connectivity index (χ2v) is 4.69. The van der Waals surface area contributed by atoms with Gasteiger partial charge in [-0.15, -0.1) is 0 Å². The molecule has 2 nitrogen and oxygen atoms in total. The van der Waals surface area contributed by atoms with Gasteiger partial charge in [-0.3, -0.25) is 0 Å². The van der Waals surface area contributed by atoms with Crippen LogP contribution in [0.5, 0.6) is 0 Å². The van der Waals surface area contributed by atoms with Crippen LogP contribution in [0.2, 0.25) is 0 Å². The van der Waals surface area contributed by atoms with Gasteiger partial charge in [-0.25, -0.2) is 4.39 Å². The van der Waals surface area contributed by atoms with Crippen molar-refractivity contribution in [2.75, 3.05) is 6.61 Å². The van der Waals surface area contributed by atoms with Crippen LogP contribution in [0.3, 0.4) is 0 Å². The number of ether oxygens (including phenoxy) is 1. The van der Waals surface area contributed by atoms with E-state index in [4.69, 9.17) is 10.00 Å². The Bertz CT molecular complexity index is 430. The molecule has 2 atom stereocenters. The average Bonchev–Trinajstić information content (AvgIpc) is 2.29. The Morgan fingerprint density at radius 2 is 2.31 bits per heavy atom. The summed E-state index contributed by atoms with van der Waals surface area (Å²) < 4.78 is 19.2. The van der Waals surface area contributed by atoms with Gasteiger partial charge < -0.3 is 4.74 Å². The molecule has 1 aromatic rings. The Morgan fingerprint density at radius 1 is 1.50 bits per heavy atom. The highest BCUT2D eigenvalue weighted by atomic mass is 79.9. The Kier molecular flexibility index (Phi) is 3.57. The molecule has 0 radical (unpaired) electrons. The van der Waals surface area contributed by atoms with Crippen LogP contribution in [0.25, 0.3) is 0 Å². The Hall–Kier alpha value is -0.920. The van der Waals surface area contributed by atoms with Crippen LogP contribution >= 0.6 is 15.9 Å². The average molecular weight is 284 g/mol. The van der Waals surface area contributed by atoms with E-state index in [1.165, 1.54) is 12.1 Å². The minimum atomic E-state index is -0.292. The number of halogens is 2. The van der Waals surface area contributed by atoms with E-state index < -0.39 is 0 Å². The van der Waals surface area contributed by atoms with E-state index >= 15 is 0 Å². The molecule has 84 valence electrons. The van der Waals surface area contributed by atoms with Crippen molar-refractivity contribution in [1.82, 2.24) is 0 Å². The lowest BCUT2D eigenvalue weighted by Crippen LogP contribution is -2.21. The van der Waals surface area contributed by atoms with Crippen LogP contribution in [0, 0.1) is 23.1 Å². The second kappa shape index (κ2) is 4.94. The highest BCUT2D eigenvalue weighted by Gasteiger charge is 2.28. The number of rotatable bonds is 1. The summed E-state index contributed by atoms with van der Waals surface area (Å²) in [5.74, 6) is -0.435. The molecule has 0 aliphatic carbocycles. The zero-order chi connectivity index (χ0) is 11.5. The lowest BCUT2D eigenvalue weighted by atomic mass is 9.91. The van der Waals surface area contributed by atoms with Gasteiger partial charge in [0, 0.05) is 11.1 Å². The number of nitrogens with zero attached hydrogens (tertiary/aromatic N) is 1. The monoisotopic (exact) mass is 283 g/mol. The number of hydrogen-bond donors (Lipinski definition) is 0. The molecule has 2 unspecified atom stereocenters. The van der Waals surface area contributed by atoms with Gasteiger partial charge in [-0.2, -0.15) is 5.26 Å². The fraction of sp³-hybridized carbons (Fsp3) is 0.417. The van der Waals surface area contributed by atoms with Gasteiger partial charge in [-0.1, -0.05) is 22.0 Å². The smallest absolute Gasteiger partial charge is 0.124 e. The summed E-state index contributed by atoms with van der Waals surface area (Å²) in [7, 11) is 0. The van der Waals surface area contributed by atoms with E-state index in [2.05, 4.69) is 22.0 Å². The van der Waals surface area contributed by atoms with Gasteiger partial charge in [0.15, 0.2) is 0 Å². The third-order valence-electron chi connectivity index (χ3n) is 2.76. The molecule has 0 N–H and O–H groups in total. The summed E-state index contributed by atoms with van der Waals surface area (Å²) in [6.07, 6.45) is 1.51. The fourth-order valence-electron chi connectivity index (χ4n) is 1.95. The molecule has 16 heavy (non-hydrogen) atoms. The Morgan fingerprint density at radius 3 is 3.00 bits per heavy atom. The molecule has 1 saturated heterocycles. The molecule has 0 amide bonds. The van der Waals surface area contributed by atoms with E-state index in [0.717, 1.165) is 18.4 Å². The first kappa shape index (κ1) is 11.6. The SMILES string of the molecule is N#CC1CCCOC1c1ccc(F)cc1Br. The molecule has 1 aromatic carbocycles. The summed E-state index contributed by atoms with van der Waals surface area (Å²) in [5, 5.41) is 9.05. The van der Waals surface area contributed by atoms with Crippen molar-refractivity contribution < 1.29 is 9.13 Å². The van der Waals surface area contributed by atoms with Gasteiger partial charge in [0.1, 0.15) is 5.82 Å². The summed E-state index contributed by atoms with van der Waals surface area (Å²) >= 11 is 3.31. The molecule has 1 heterocycles. The van der Waals surface area contributed by atoms with Crippen LogP contribution in [0.15, 0.2) is 22.7 Å². The Labute approximate surface area is 102 Å². The van der Waals surface area contributed by atoms with Gasteiger partial charge in [-0.05, 0) is 30.5 Å². The summed E-state index contributed by atoms with van der Waals surface area (Å²) in [4.78, 5) is 0. The van der Waals surface area contributed by atoms with Gasteiger partial charge in [0.25, 0.3) is 0 Å². The predicted octanol–water partition coefficient (Wildman–Crippen LogP) is 3.58. The van der Waals surface area contributed by atoms with Crippen LogP contribution < -0.4 is 0 Å². The fourth-order valence-corrected chi connectivity index (χ4v) is 2.53. The van der Waals surface area contributed by atoms with E-state index in [1.54, 1.807) is 6.07 Å². The lowest BCUT2D eigenvalue weighted by molar-refractivity contribution is -0.0106. The normalized spacial score (nSPS) is 25.1. The largest absolute Gasteiger partial charge is 0.372 e. The highest BCUT2D eigenvalue weighted by molar-refractivity contribution is 9.10. The molecule has 1 aliphatic rings. The highest BCUT2D eigenvalue weighted by Crippen LogP contribution is 2.36. The number of hydrogen-bond acceptors (Lipinski definition) is 2. The minimum Gasteiger partial charge on any atom is -0.372 e. The first-order chi connectivity index (χ1) is 7.72. The minimum absolute atomic E-state index is 0.143. The van der Waals surface area contributed by atoms with E-state index in [0.29, 0.717) is 11.1 Å². The molecule has 1 fully saturated rings. The Balaban J connectivity index is 2.31. The van der Waals surface area contributed by atoms with Crippen molar-refractivity contribution in [3.05, 3.63) is 34.1 Å². The van der Waals surface area contributed by atoms with Crippen molar-refractivity contribution in [3.63, 3.8) is 0 Å². The number of nitriles is 1. The van der Waals surface area contributed by atoms with Crippen molar-refractivity contribution in [1.29, 1.82) is 5.26 Å². The summed E-state index contributed by atoms with van der Waals surface area (Å²) in [5.41, 5.74) is 0.854. The van der Waals surface area contributed by atoms with Crippen molar-refractivity contribution in [2.45, 2.75) is 18.9 Å². The van der Waals surface area contributed by atoms with E-state index in [-0.39, 0.29) is 17.8 Å². The molecule has 1 aliphatic heterocycles. The predicted molar refractivity (Wildman–Crippen MR) is 61.1 cm³/mol. The quantitative estimate of drug-likeness (QED) is 0.789. The maximum Gasteiger partial charge on any atom is 0.124 e. The first-order valence-electron chi connectivity index (χ1n) is 5.18. The number of benzene rings is 1. The molecular formula is C12H11BrFNO. The summed E-state index contributed by atoms with van der Waals surface area (Å²) in [6.45, 7) is 0.659. The molecule has 2 rings (SSSR count). The van der Waals surface area contributed by atoms with Crippen LogP contribution in [-0.2, 0) is 4.74 Å². The zero-order valence-corrected chi connectivity index (χ0v) is 10.2. The molecule has 0 aromatic heterocycles. The summed E-state index contributed by atoms with van der Waals surface area (Å²) in [6, 6.07) is 6.73. The van der Waals surface area contributed by atoms with Gasteiger partial charge in [0.2, 0.25) is 0 Å². The standard InChI is InChI=1S/C12H11BrFNO/c13-11-6-9(14)3-4-10(11)12-8(7-15)2-1-5-16-12/h3-4,6,8,12H,1-2,5H2. The van der Waals surface area contributed by atoms with E-state index in [9.17, 15) is 4.39 Å². The van der Waals surface area contributed by atoms with Gasteiger partial charge in [0.05, 0.1) is 18.1 Å². The maximum atomic E-state index is 13.0. The van der Waals surface area contributed by atoms with Gasteiger partial charge >= 0.3 is 0 Å². The van der Waals surface area contributed by atoms with Crippen LogP contribution in [-0.4, -0.2) is 6.61 Å². The lowest BCUT2D eigenvalue weighted by Gasteiger charge is -2.28. The first-order valence-corrected chi connectivity index (χ1v) is 5.98. The molecule has 4 heteroatoms. The second-order valence-electron chi connectivity index (χ2n) is 3.84.